The van der Waals surface area contributed by atoms with Crippen LogP contribution in [0.25, 0.3) is 0 Å². The lowest BCUT2D eigenvalue weighted by Gasteiger charge is -2.11. The van der Waals surface area contributed by atoms with Crippen LogP contribution in [0.3, 0.4) is 0 Å². The number of halogens is 3. The Morgan fingerprint density at radius 2 is 1.41 bits per heavy atom. The monoisotopic (exact) mass is 296 g/mol. The highest BCUT2D eigenvalue weighted by atomic mass is 35.5. The molecule has 0 radical (unpaired) electrons. The second-order valence-electron chi connectivity index (χ2n) is 2.89. The minimum atomic E-state index is -0.820. The smallest absolute Gasteiger partial charge is 0.340 e. The lowest BCUT2D eigenvalue weighted by Crippen LogP contribution is -2.13. The van der Waals surface area contributed by atoms with Crippen molar-refractivity contribution in [3.63, 3.8) is 0 Å². The van der Waals surface area contributed by atoms with Crippen LogP contribution in [-0.2, 0) is 9.47 Å². The van der Waals surface area contributed by atoms with Crippen LogP contribution in [0.1, 0.15) is 20.7 Å². The zero-order valence-corrected chi connectivity index (χ0v) is 11.1. The van der Waals surface area contributed by atoms with Crippen molar-refractivity contribution in [2.24, 2.45) is 0 Å². The highest BCUT2D eigenvalue weighted by molar-refractivity contribution is 6.46. The van der Waals surface area contributed by atoms with Gasteiger partial charge in [-0.15, -0.1) is 0 Å². The van der Waals surface area contributed by atoms with E-state index in [9.17, 15) is 9.59 Å². The second kappa shape index (κ2) is 5.58. The summed E-state index contributed by atoms with van der Waals surface area (Å²) in [6.07, 6.45) is 0. The SMILES string of the molecule is COC(=O)c1c(Cl)cc(Cl)c(Cl)c1C(=O)OC. The van der Waals surface area contributed by atoms with Crippen LogP contribution in [0.15, 0.2) is 6.07 Å². The standard InChI is InChI=1S/C10H7Cl3O4/c1-16-9(14)6-4(11)3-5(12)8(13)7(6)10(15)17-2/h3H,1-2H3. The lowest BCUT2D eigenvalue weighted by atomic mass is 10.1. The number of ether oxygens (including phenoxy) is 2. The first-order valence-corrected chi connectivity index (χ1v) is 5.41. The molecule has 7 heteroatoms. The Balaban J connectivity index is 3.61. The van der Waals surface area contributed by atoms with E-state index in [2.05, 4.69) is 9.47 Å². The fourth-order valence-electron chi connectivity index (χ4n) is 1.19. The van der Waals surface area contributed by atoms with Gasteiger partial charge in [-0.05, 0) is 6.07 Å². The highest BCUT2D eigenvalue weighted by Crippen LogP contribution is 2.34. The van der Waals surface area contributed by atoms with Crippen molar-refractivity contribution in [3.8, 4) is 0 Å². The molecule has 0 bridgehead atoms. The average molecular weight is 298 g/mol. The molecule has 17 heavy (non-hydrogen) atoms. The molecule has 0 aliphatic heterocycles. The molecular formula is C10H7Cl3O4. The Bertz CT molecular complexity index is 485. The van der Waals surface area contributed by atoms with Gasteiger partial charge < -0.3 is 9.47 Å². The van der Waals surface area contributed by atoms with Gasteiger partial charge in [0.25, 0.3) is 0 Å². The number of esters is 2. The van der Waals surface area contributed by atoms with Crippen LogP contribution in [-0.4, -0.2) is 26.2 Å². The van der Waals surface area contributed by atoms with Gasteiger partial charge in [-0.2, -0.15) is 0 Å². The molecule has 0 amide bonds. The molecule has 0 aliphatic rings. The molecule has 1 aromatic rings. The number of hydrogen-bond acceptors (Lipinski definition) is 4. The third-order valence-corrected chi connectivity index (χ3v) is 3.04. The first-order valence-electron chi connectivity index (χ1n) is 4.28. The van der Waals surface area contributed by atoms with Crippen LogP contribution in [0.5, 0.6) is 0 Å². The van der Waals surface area contributed by atoms with Crippen LogP contribution in [0.4, 0.5) is 0 Å². The molecule has 0 spiro atoms. The minimum Gasteiger partial charge on any atom is -0.465 e. The molecule has 4 nitrogen and oxygen atoms in total. The summed E-state index contributed by atoms with van der Waals surface area (Å²) in [6.45, 7) is 0. The topological polar surface area (TPSA) is 52.6 Å². The molecule has 0 heterocycles. The summed E-state index contributed by atoms with van der Waals surface area (Å²) in [7, 11) is 2.30. The first kappa shape index (κ1) is 14.1. The Morgan fingerprint density at radius 1 is 0.941 bits per heavy atom. The molecule has 1 rings (SSSR count). The van der Waals surface area contributed by atoms with E-state index in [-0.39, 0.29) is 26.2 Å². The Hall–Kier alpha value is -0.970. The van der Waals surface area contributed by atoms with E-state index in [4.69, 9.17) is 34.8 Å². The summed E-state index contributed by atoms with van der Waals surface area (Å²) < 4.78 is 9.03. The van der Waals surface area contributed by atoms with E-state index in [0.29, 0.717) is 0 Å². The fourth-order valence-corrected chi connectivity index (χ4v) is 1.96. The van der Waals surface area contributed by atoms with E-state index in [1.54, 1.807) is 0 Å². The van der Waals surface area contributed by atoms with E-state index in [1.807, 2.05) is 0 Å². The maximum Gasteiger partial charge on any atom is 0.340 e. The normalized spacial score (nSPS) is 9.94. The fraction of sp³-hybridized carbons (Fsp3) is 0.200. The summed E-state index contributed by atoms with van der Waals surface area (Å²) in [4.78, 5) is 23.1. The summed E-state index contributed by atoms with van der Waals surface area (Å²) in [5, 5.41) is -0.0975. The third kappa shape index (κ3) is 2.65. The zero-order chi connectivity index (χ0) is 13.2. The quantitative estimate of drug-likeness (QED) is 0.621. The lowest BCUT2D eigenvalue weighted by molar-refractivity contribution is 0.0555. The van der Waals surface area contributed by atoms with Crippen molar-refractivity contribution < 1.29 is 19.1 Å². The highest BCUT2D eigenvalue weighted by Gasteiger charge is 2.26. The van der Waals surface area contributed by atoms with Gasteiger partial charge in [-0.1, -0.05) is 34.8 Å². The molecule has 1 aromatic carbocycles. The van der Waals surface area contributed by atoms with Gasteiger partial charge in [-0.25, -0.2) is 9.59 Å². The van der Waals surface area contributed by atoms with Crippen molar-refractivity contribution in [1.82, 2.24) is 0 Å². The van der Waals surface area contributed by atoms with Crippen molar-refractivity contribution in [2.45, 2.75) is 0 Å². The van der Waals surface area contributed by atoms with E-state index in [1.165, 1.54) is 6.07 Å². The summed E-state index contributed by atoms with van der Waals surface area (Å²) in [5.74, 6) is -1.62. The third-order valence-electron chi connectivity index (χ3n) is 1.95. The molecule has 92 valence electrons. The van der Waals surface area contributed by atoms with Crippen molar-refractivity contribution >= 4 is 46.7 Å². The Morgan fingerprint density at radius 3 is 1.88 bits per heavy atom. The van der Waals surface area contributed by atoms with Crippen LogP contribution < -0.4 is 0 Å². The number of benzene rings is 1. The number of rotatable bonds is 2. The molecule has 0 saturated heterocycles. The predicted octanol–water partition coefficient (Wildman–Crippen LogP) is 3.22. The molecule has 0 fully saturated rings. The second-order valence-corrected chi connectivity index (χ2v) is 4.08. The number of carbonyl (C=O) groups excluding carboxylic acids is 2. The molecule has 0 atom stereocenters. The summed E-state index contributed by atoms with van der Waals surface area (Å²) in [5.41, 5.74) is -0.381. The van der Waals surface area contributed by atoms with Gasteiger partial charge in [0.15, 0.2) is 0 Å². The Labute approximate surface area is 112 Å². The maximum absolute atomic E-state index is 11.5. The summed E-state index contributed by atoms with van der Waals surface area (Å²) in [6, 6.07) is 1.25. The van der Waals surface area contributed by atoms with E-state index < -0.39 is 11.9 Å². The van der Waals surface area contributed by atoms with Gasteiger partial charge in [0.2, 0.25) is 0 Å². The van der Waals surface area contributed by atoms with Crippen LogP contribution in [0, 0.1) is 0 Å². The molecular weight excluding hydrogens is 290 g/mol. The maximum atomic E-state index is 11.5. The average Bonchev–Trinajstić information content (AvgIpc) is 2.31. The molecule has 0 N–H and O–H groups in total. The molecule has 0 unspecified atom stereocenters. The van der Waals surface area contributed by atoms with E-state index >= 15 is 0 Å². The van der Waals surface area contributed by atoms with Gasteiger partial charge in [0.05, 0.1) is 40.4 Å². The van der Waals surface area contributed by atoms with Gasteiger partial charge in [-0.3, -0.25) is 0 Å². The molecule has 0 aliphatic carbocycles. The number of carbonyl (C=O) groups is 2. The molecule has 0 aromatic heterocycles. The largest absolute Gasteiger partial charge is 0.465 e. The van der Waals surface area contributed by atoms with Crippen LogP contribution in [0.2, 0.25) is 15.1 Å². The van der Waals surface area contributed by atoms with Gasteiger partial charge in [0, 0.05) is 0 Å². The van der Waals surface area contributed by atoms with Gasteiger partial charge in [0.1, 0.15) is 0 Å². The Kier molecular flexibility index (Phi) is 4.62. The number of hydrogen-bond donors (Lipinski definition) is 0. The number of methoxy groups -OCH3 is 2. The minimum absolute atomic E-state index is 0.0355. The van der Waals surface area contributed by atoms with Crippen LogP contribution >= 0.6 is 34.8 Å². The molecule has 0 saturated carbocycles. The first-order chi connectivity index (χ1) is 7.93. The van der Waals surface area contributed by atoms with Gasteiger partial charge >= 0.3 is 11.9 Å². The zero-order valence-electron chi connectivity index (χ0n) is 8.84. The van der Waals surface area contributed by atoms with Crippen molar-refractivity contribution in [1.29, 1.82) is 0 Å². The predicted molar refractivity (Wildman–Crippen MR) is 64.2 cm³/mol. The van der Waals surface area contributed by atoms with Crippen molar-refractivity contribution in [3.05, 3.63) is 32.3 Å². The van der Waals surface area contributed by atoms with E-state index in [0.717, 1.165) is 14.2 Å². The summed E-state index contributed by atoms with van der Waals surface area (Å²) >= 11 is 17.4. The van der Waals surface area contributed by atoms with Crippen molar-refractivity contribution in [2.75, 3.05) is 14.2 Å².